The normalized spacial score (nSPS) is 25.3. The van der Waals surface area contributed by atoms with Gasteiger partial charge >= 0.3 is 0 Å². The van der Waals surface area contributed by atoms with Crippen molar-refractivity contribution in [1.82, 2.24) is 9.88 Å². The molecule has 3 heterocycles. The molecule has 1 saturated heterocycles. The molecule has 124 valence electrons. The molecule has 3 rings (SSSR count). The maximum absolute atomic E-state index is 12.9. The number of carbonyl (C=O) groups excluding carboxylic acids is 1. The minimum Gasteiger partial charge on any atom is -0.378 e. The Balaban J connectivity index is 1.65. The van der Waals surface area contributed by atoms with E-state index >= 15 is 0 Å². The number of rotatable bonds is 3. The molecule has 1 aromatic rings. The summed E-state index contributed by atoms with van der Waals surface area (Å²) in [5, 5.41) is 0. The lowest BCUT2D eigenvalue weighted by molar-refractivity contribution is -0.141. The predicted octanol–water partition coefficient (Wildman–Crippen LogP) is 3.15. The lowest BCUT2D eigenvalue weighted by Gasteiger charge is -2.36. The molecule has 2 atom stereocenters. The van der Waals surface area contributed by atoms with E-state index in [2.05, 4.69) is 24.9 Å². The molecule has 1 fully saturated rings. The standard InChI is InChI=1S/C19H26N2O2/c1-14(2)18-12-16(7-11-23-18)19(22)21-10-3-4-17(13-21)15-5-8-20-9-6-15/h4-6,8-9,14,16,18H,3,7,10-13H2,1-2H3. The SMILES string of the molecule is CC(C)C1CC(C(=O)N2CCC=C(c3ccncc3)C2)CCO1. The average Bonchev–Trinajstić information content (AvgIpc) is 2.62. The molecule has 0 N–H and O–H groups in total. The van der Waals surface area contributed by atoms with Gasteiger partial charge in [0.1, 0.15) is 0 Å². The van der Waals surface area contributed by atoms with Gasteiger partial charge in [0, 0.05) is 38.0 Å². The molecule has 2 aliphatic heterocycles. The van der Waals surface area contributed by atoms with Crippen molar-refractivity contribution in [2.75, 3.05) is 19.7 Å². The highest BCUT2D eigenvalue weighted by Gasteiger charge is 2.32. The summed E-state index contributed by atoms with van der Waals surface area (Å²) in [6, 6.07) is 4.03. The third-order valence-electron chi connectivity index (χ3n) is 4.92. The summed E-state index contributed by atoms with van der Waals surface area (Å²) in [4.78, 5) is 19.0. The molecule has 0 aromatic carbocycles. The van der Waals surface area contributed by atoms with Crippen molar-refractivity contribution in [2.45, 2.75) is 39.2 Å². The van der Waals surface area contributed by atoms with Crippen molar-refractivity contribution in [3.63, 3.8) is 0 Å². The second-order valence-electron chi connectivity index (χ2n) is 6.89. The Labute approximate surface area is 138 Å². The maximum atomic E-state index is 12.9. The molecule has 4 heteroatoms. The first-order valence-corrected chi connectivity index (χ1v) is 8.65. The van der Waals surface area contributed by atoms with Crippen LogP contribution in [0.25, 0.3) is 5.57 Å². The molecule has 1 amide bonds. The van der Waals surface area contributed by atoms with E-state index in [9.17, 15) is 4.79 Å². The molecule has 1 aromatic heterocycles. The molecular formula is C19H26N2O2. The minimum absolute atomic E-state index is 0.118. The number of nitrogens with zero attached hydrogens (tertiary/aromatic N) is 2. The zero-order valence-corrected chi connectivity index (χ0v) is 14.1. The van der Waals surface area contributed by atoms with Crippen LogP contribution in [0.15, 0.2) is 30.6 Å². The lowest BCUT2D eigenvalue weighted by Crippen LogP contribution is -2.43. The number of amides is 1. The predicted molar refractivity (Wildman–Crippen MR) is 90.7 cm³/mol. The van der Waals surface area contributed by atoms with Crippen LogP contribution in [-0.4, -0.2) is 41.6 Å². The number of hydrogen-bond donors (Lipinski definition) is 0. The Morgan fingerprint density at radius 2 is 2.13 bits per heavy atom. The summed E-state index contributed by atoms with van der Waals surface area (Å²) in [6.45, 7) is 6.59. The minimum atomic E-state index is 0.118. The van der Waals surface area contributed by atoms with Crippen LogP contribution in [-0.2, 0) is 9.53 Å². The van der Waals surface area contributed by atoms with Gasteiger partial charge in [-0.05, 0) is 48.4 Å². The smallest absolute Gasteiger partial charge is 0.226 e. The number of hydrogen-bond acceptors (Lipinski definition) is 3. The van der Waals surface area contributed by atoms with Crippen molar-refractivity contribution in [3.8, 4) is 0 Å². The lowest BCUT2D eigenvalue weighted by atomic mass is 9.88. The van der Waals surface area contributed by atoms with Crippen LogP contribution in [0.3, 0.4) is 0 Å². The summed E-state index contributed by atoms with van der Waals surface area (Å²) in [5.41, 5.74) is 2.41. The van der Waals surface area contributed by atoms with E-state index in [-0.39, 0.29) is 12.0 Å². The van der Waals surface area contributed by atoms with Gasteiger partial charge < -0.3 is 9.64 Å². The molecule has 0 spiro atoms. The maximum Gasteiger partial charge on any atom is 0.226 e. The summed E-state index contributed by atoms with van der Waals surface area (Å²) in [6.07, 6.45) is 8.73. The molecule has 0 aliphatic carbocycles. The Hall–Kier alpha value is -1.68. The first-order valence-electron chi connectivity index (χ1n) is 8.65. The van der Waals surface area contributed by atoms with E-state index in [0.29, 0.717) is 25.0 Å². The Bertz CT molecular complexity index is 568. The molecule has 0 bridgehead atoms. The van der Waals surface area contributed by atoms with Gasteiger partial charge in [-0.3, -0.25) is 9.78 Å². The summed E-state index contributed by atoms with van der Waals surface area (Å²) in [7, 11) is 0. The third kappa shape index (κ3) is 3.81. The average molecular weight is 314 g/mol. The third-order valence-corrected chi connectivity index (χ3v) is 4.92. The van der Waals surface area contributed by atoms with E-state index in [1.807, 2.05) is 29.4 Å². The zero-order valence-electron chi connectivity index (χ0n) is 14.1. The summed E-state index contributed by atoms with van der Waals surface area (Å²) < 4.78 is 5.81. The second kappa shape index (κ2) is 7.26. The fourth-order valence-corrected chi connectivity index (χ4v) is 3.48. The van der Waals surface area contributed by atoms with Crippen LogP contribution >= 0.6 is 0 Å². The van der Waals surface area contributed by atoms with Gasteiger partial charge in [0.05, 0.1) is 6.10 Å². The number of ether oxygens (including phenoxy) is 1. The second-order valence-corrected chi connectivity index (χ2v) is 6.89. The highest BCUT2D eigenvalue weighted by atomic mass is 16.5. The number of aromatic nitrogens is 1. The molecule has 0 saturated carbocycles. The Morgan fingerprint density at radius 1 is 1.35 bits per heavy atom. The molecule has 23 heavy (non-hydrogen) atoms. The number of pyridine rings is 1. The molecule has 2 unspecified atom stereocenters. The first-order chi connectivity index (χ1) is 11.1. The summed E-state index contributed by atoms with van der Waals surface area (Å²) >= 11 is 0. The van der Waals surface area contributed by atoms with Gasteiger partial charge in [-0.2, -0.15) is 0 Å². The van der Waals surface area contributed by atoms with Crippen LogP contribution in [0.2, 0.25) is 0 Å². The highest BCUT2D eigenvalue weighted by Crippen LogP contribution is 2.28. The first kappa shape index (κ1) is 16.2. The fourth-order valence-electron chi connectivity index (χ4n) is 3.48. The highest BCUT2D eigenvalue weighted by molar-refractivity contribution is 5.82. The fraction of sp³-hybridized carbons (Fsp3) is 0.579. The van der Waals surface area contributed by atoms with Gasteiger partial charge in [-0.25, -0.2) is 0 Å². The van der Waals surface area contributed by atoms with Crippen molar-refractivity contribution in [2.24, 2.45) is 11.8 Å². The van der Waals surface area contributed by atoms with Crippen LogP contribution in [0.4, 0.5) is 0 Å². The van der Waals surface area contributed by atoms with Gasteiger partial charge in [0.2, 0.25) is 5.91 Å². The molecule has 4 nitrogen and oxygen atoms in total. The summed E-state index contributed by atoms with van der Waals surface area (Å²) in [5.74, 6) is 0.894. The Kier molecular flexibility index (Phi) is 5.11. The molecule has 2 aliphatic rings. The van der Waals surface area contributed by atoms with Crippen molar-refractivity contribution >= 4 is 11.5 Å². The molecule has 0 radical (unpaired) electrons. The van der Waals surface area contributed by atoms with E-state index in [1.165, 1.54) is 11.1 Å². The van der Waals surface area contributed by atoms with E-state index < -0.39 is 0 Å². The molecular weight excluding hydrogens is 288 g/mol. The van der Waals surface area contributed by atoms with Gasteiger partial charge in [0.25, 0.3) is 0 Å². The van der Waals surface area contributed by atoms with Crippen molar-refractivity contribution in [3.05, 3.63) is 36.2 Å². The van der Waals surface area contributed by atoms with E-state index in [4.69, 9.17) is 4.74 Å². The Morgan fingerprint density at radius 3 is 2.87 bits per heavy atom. The van der Waals surface area contributed by atoms with Crippen LogP contribution in [0, 0.1) is 11.8 Å². The quantitative estimate of drug-likeness (QED) is 0.861. The van der Waals surface area contributed by atoms with Crippen molar-refractivity contribution < 1.29 is 9.53 Å². The number of carbonyl (C=O) groups is 1. The van der Waals surface area contributed by atoms with Crippen molar-refractivity contribution in [1.29, 1.82) is 0 Å². The van der Waals surface area contributed by atoms with Gasteiger partial charge in [0.15, 0.2) is 0 Å². The monoisotopic (exact) mass is 314 g/mol. The van der Waals surface area contributed by atoms with Crippen LogP contribution in [0.1, 0.15) is 38.7 Å². The van der Waals surface area contributed by atoms with Crippen LogP contribution < -0.4 is 0 Å². The topological polar surface area (TPSA) is 42.4 Å². The van der Waals surface area contributed by atoms with Gasteiger partial charge in [-0.1, -0.05) is 19.9 Å². The van der Waals surface area contributed by atoms with Crippen LogP contribution in [0.5, 0.6) is 0 Å². The zero-order chi connectivity index (χ0) is 16.2. The van der Waals surface area contributed by atoms with Gasteiger partial charge in [-0.15, -0.1) is 0 Å². The largest absolute Gasteiger partial charge is 0.378 e. The van der Waals surface area contributed by atoms with E-state index in [1.54, 1.807) is 0 Å². The van der Waals surface area contributed by atoms with E-state index in [0.717, 1.165) is 25.8 Å².